The Labute approximate surface area is 158 Å². The fourth-order valence-corrected chi connectivity index (χ4v) is 17.3. The van der Waals surface area contributed by atoms with Gasteiger partial charge in [0.05, 0.1) is 0 Å². The molecule has 14 rings (SSSR count). The Kier molecular flexibility index (Phi) is 1.04. The van der Waals surface area contributed by atoms with Crippen LogP contribution in [-0.2, 0) is 5.41 Å². The van der Waals surface area contributed by atoms with Gasteiger partial charge in [-0.15, -0.1) is 0 Å². The van der Waals surface area contributed by atoms with E-state index < -0.39 is 0 Å². The van der Waals surface area contributed by atoms with E-state index >= 15 is 0 Å². The second-order valence-electron chi connectivity index (χ2n) is 13.4. The van der Waals surface area contributed by atoms with Crippen molar-refractivity contribution in [1.29, 1.82) is 0 Å². The average molecular weight is 350 g/mol. The maximum atomic E-state index is 7.43. The molecule has 12 fully saturated rings. The van der Waals surface area contributed by atoms with Crippen molar-refractivity contribution in [2.24, 2.45) is 107 Å². The largest absolute Gasteiger partial charge is 0.485 e. The van der Waals surface area contributed by atoms with Gasteiger partial charge in [-0.2, -0.15) is 0 Å². The summed E-state index contributed by atoms with van der Waals surface area (Å²) in [5.74, 6) is 21.8. The van der Waals surface area contributed by atoms with Crippen LogP contribution in [0.15, 0.2) is 24.3 Å². The predicted molar refractivity (Wildman–Crippen MR) is 94.3 cm³/mol. The predicted octanol–water partition coefficient (Wildman–Crippen LogP) is 3.30. The number of hydrogen-bond donors (Lipinski definition) is 0. The third-order valence-corrected chi connectivity index (χ3v) is 15.2. The van der Waals surface area contributed by atoms with Crippen LogP contribution in [0.25, 0.3) is 0 Å². The molecular formula is C26H22O. The van der Waals surface area contributed by atoms with Crippen LogP contribution in [0.4, 0.5) is 0 Å². The first-order valence-corrected chi connectivity index (χ1v) is 12.2. The third-order valence-electron chi connectivity index (χ3n) is 15.2. The Hall–Kier alpha value is -0.980. The van der Waals surface area contributed by atoms with Gasteiger partial charge in [0.1, 0.15) is 11.4 Å². The molecule has 2 spiro atoms. The van der Waals surface area contributed by atoms with E-state index in [2.05, 4.69) is 24.3 Å². The topological polar surface area (TPSA) is 9.23 Å². The molecule has 1 heteroatoms. The van der Waals surface area contributed by atoms with Crippen LogP contribution in [-0.4, -0.2) is 5.60 Å². The summed E-state index contributed by atoms with van der Waals surface area (Å²) in [5.41, 5.74) is 2.55. The minimum Gasteiger partial charge on any atom is -0.485 e. The Morgan fingerprint density at radius 3 is 1.63 bits per heavy atom. The molecule has 4 unspecified atom stereocenters. The Morgan fingerprint density at radius 1 is 0.519 bits per heavy atom. The van der Waals surface area contributed by atoms with Gasteiger partial charge in [0.2, 0.25) is 0 Å². The first-order chi connectivity index (χ1) is 13.4. The highest BCUT2D eigenvalue weighted by molar-refractivity contribution is 5.63. The first-order valence-electron chi connectivity index (χ1n) is 12.2. The average Bonchev–Trinajstić information content (AvgIpc) is 3.39. The molecule has 0 bridgehead atoms. The molecule has 12 aliphatic carbocycles. The van der Waals surface area contributed by atoms with Crippen LogP contribution in [0.5, 0.6) is 5.75 Å². The Balaban J connectivity index is 1.35. The molecule has 1 nitrogen and oxygen atoms in total. The minimum atomic E-state index is 0.300. The van der Waals surface area contributed by atoms with Crippen LogP contribution in [0.2, 0.25) is 0 Å². The summed E-state index contributed by atoms with van der Waals surface area (Å²) in [6.07, 6.45) is 0. The van der Waals surface area contributed by atoms with Gasteiger partial charge in [-0.1, -0.05) is 18.2 Å². The Morgan fingerprint density at radius 2 is 1.00 bits per heavy atom. The normalized spacial score (nSPS) is 89.3. The molecule has 0 N–H and O–H groups in total. The maximum absolute atomic E-state index is 7.43. The van der Waals surface area contributed by atoms with Crippen molar-refractivity contribution in [3.8, 4) is 5.75 Å². The van der Waals surface area contributed by atoms with Crippen molar-refractivity contribution in [2.45, 2.75) is 11.0 Å². The number of ether oxygens (including phenoxy) is 1. The van der Waals surface area contributed by atoms with Crippen LogP contribution in [0, 0.1) is 107 Å². The van der Waals surface area contributed by atoms with Crippen molar-refractivity contribution in [1.82, 2.24) is 0 Å². The van der Waals surface area contributed by atoms with Crippen molar-refractivity contribution in [3.63, 3.8) is 0 Å². The lowest BCUT2D eigenvalue weighted by atomic mass is 9.62. The summed E-state index contributed by atoms with van der Waals surface area (Å²) >= 11 is 0. The van der Waals surface area contributed by atoms with E-state index in [4.69, 9.17) is 4.74 Å². The second-order valence-corrected chi connectivity index (χ2v) is 13.4. The van der Waals surface area contributed by atoms with Gasteiger partial charge in [-0.25, -0.2) is 0 Å². The molecule has 27 heavy (non-hydrogen) atoms. The van der Waals surface area contributed by atoms with Gasteiger partial charge >= 0.3 is 0 Å². The summed E-state index contributed by atoms with van der Waals surface area (Å²) < 4.78 is 7.43. The molecule has 0 amide bonds. The van der Waals surface area contributed by atoms with Crippen molar-refractivity contribution in [3.05, 3.63) is 29.8 Å². The zero-order valence-corrected chi connectivity index (χ0v) is 15.1. The van der Waals surface area contributed by atoms with E-state index in [1.54, 1.807) is 5.56 Å². The van der Waals surface area contributed by atoms with Crippen LogP contribution in [0.1, 0.15) is 5.56 Å². The summed E-state index contributed by atoms with van der Waals surface area (Å²) in [6, 6.07) is 9.55. The van der Waals surface area contributed by atoms with Crippen LogP contribution >= 0.6 is 0 Å². The van der Waals surface area contributed by atoms with Gasteiger partial charge in [0.15, 0.2) is 0 Å². The molecule has 0 aromatic heterocycles. The quantitative estimate of drug-likeness (QED) is 0.698. The zero-order valence-electron chi connectivity index (χ0n) is 15.1. The Bertz CT molecular complexity index is 1080. The zero-order chi connectivity index (χ0) is 16.1. The molecule has 0 saturated heterocycles. The number of benzene rings is 1. The lowest BCUT2D eigenvalue weighted by Gasteiger charge is -2.42. The first kappa shape index (κ1) is 11.3. The lowest BCUT2D eigenvalue weighted by Crippen LogP contribution is -2.53. The van der Waals surface area contributed by atoms with E-state index in [1.165, 1.54) is 53.1 Å². The third kappa shape index (κ3) is 0.559. The molecule has 20 atom stereocenters. The second kappa shape index (κ2) is 2.50. The fourth-order valence-electron chi connectivity index (χ4n) is 17.3. The number of fused-ring (bicyclic) bond motifs is 1. The molecular weight excluding hydrogens is 328 g/mol. The number of hydrogen-bond acceptors (Lipinski definition) is 1. The molecule has 132 valence electrons. The number of para-hydroxylation sites is 1. The monoisotopic (exact) mass is 350 g/mol. The molecule has 13 aliphatic rings. The van der Waals surface area contributed by atoms with Crippen LogP contribution in [0.3, 0.4) is 0 Å². The molecule has 12 saturated carbocycles. The maximum Gasteiger partial charge on any atom is 0.126 e. The van der Waals surface area contributed by atoms with Crippen molar-refractivity contribution >= 4 is 0 Å². The van der Waals surface area contributed by atoms with Gasteiger partial charge in [0.25, 0.3) is 0 Å². The molecule has 1 heterocycles. The minimum absolute atomic E-state index is 0.300. The van der Waals surface area contributed by atoms with Gasteiger partial charge in [-0.3, -0.25) is 0 Å². The smallest absolute Gasteiger partial charge is 0.126 e. The fraction of sp³-hybridized carbons (Fsp3) is 0.769. The van der Waals surface area contributed by atoms with E-state index in [-0.39, 0.29) is 0 Å². The highest BCUT2D eigenvalue weighted by atomic mass is 16.5. The van der Waals surface area contributed by atoms with Gasteiger partial charge in [0, 0.05) is 22.8 Å². The van der Waals surface area contributed by atoms with Crippen molar-refractivity contribution < 1.29 is 4.74 Å². The van der Waals surface area contributed by atoms with Gasteiger partial charge < -0.3 is 4.74 Å². The highest BCUT2D eigenvalue weighted by Crippen LogP contribution is 3.05. The highest BCUT2D eigenvalue weighted by Gasteiger charge is 3.07. The van der Waals surface area contributed by atoms with Crippen LogP contribution < -0.4 is 4.74 Å². The van der Waals surface area contributed by atoms with Crippen molar-refractivity contribution in [2.75, 3.05) is 0 Å². The molecule has 1 aromatic rings. The molecule has 1 aromatic carbocycles. The van der Waals surface area contributed by atoms with E-state index in [1.807, 2.05) is 0 Å². The van der Waals surface area contributed by atoms with Gasteiger partial charge in [-0.05, 0) is 101 Å². The molecule has 0 radical (unpaired) electrons. The van der Waals surface area contributed by atoms with E-state index in [9.17, 15) is 0 Å². The summed E-state index contributed by atoms with van der Waals surface area (Å²) in [4.78, 5) is 0. The summed E-state index contributed by atoms with van der Waals surface area (Å²) in [7, 11) is 0. The van der Waals surface area contributed by atoms with E-state index in [0.717, 1.165) is 59.2 Å². The summed E-state index contributed by atoms with van der Waals surface area (Å²) in [5, 5.41) is 0. The summed E-state index contributed by atoms with van der Waals surface area (Å²) in [6.45, 7) is 0. The lowest BCUT2D eigenvalue weighted by molar-refractivity contribution is -0.0228. The standard InChI is InChI=1S/C26H22O/c1-2-4-6-5(3-1)25-21-15-9-7-8-11-13(9)19(21)23-17(11)18-12(8)14-10(7)16(15)22(25)20(14)24(18)26(23,25)27-6/h1-4,7-24H/t7?,8?,9-,10+,11-,12-,13+,14-,15+,16+,17-,18+,19-,20-,21+,22-,23-,24-,25?,26?/m1/s1. The number of rotatable bonds is 0. The van der Waals surface area contributed by atoms with E-state index in [0.29, 0.717) is 11.0 Å². The SMILES string of the molecule is c1ccc2c(c1)OC13[C@@H]4[C@H]5[C@@H]6C7C8[C@@H]9[C@H]%10[C@@H]7[C@H]5[C@@H]1[C@H]%10[C@@H]1[C@@H]9[C@@H]5[C@@H]8[C@H]6[C@@H]4[C@@H]5C213. The molecule has 1 aliphatic heterocycles.